The molecule has 0 saturated carbocycles. The minimum Gasteiger partial charge on any atom is -0.497 e. The van der Waals surface area contributed by atoms with E-state index in [9.17, 15) is 9.59 Å². The van der Waals surface area contributed by atoms with E-state index in [4.69, 9.17) is 9.47 Å². The van der Waals surface area contributed by atoms with Gasteiger partial charge in [-0.15, -0.1) is 0 Å². The quantitative estimate of drug-likeness (QED) is 0.619. The Morgan fingerprint density at radius 2 is 1.58 bits per heavy atom. The molecule has 0 aromatic heterocycles. The molecule has 0 aliphatic heterocycles. The van der Waals surface area contributed by atoms with E-state index in [1.54, 1.807) is 55.6 Å². The van der Waals surface area contributed by atoms with Crippen molar-refractivity contribution in [2.75, 3.05) is 19.0 Å². The van der Waals surface area contributed by atoms with Crippen molar-refractivity contribution < 1.29 is 19.1 Å². The lowest BCUT2D eigenvalue weighted by atomic mass is 10.1. The Hall–Kier alpha value is -2.82. The van der Waals surface area contributed by atoms with Gasteiger partial charge >= 0.3 is 5.97 Å². The predicted molar refractivity (Wildman–Crippen MR) is 92.6 cm³/mol. The Balaban J connectivity index is 1.95. The molecule has 5 heteroatoms. The second-order valence-corrected chi connectivity index (χ2v) is 5.25. The minimum absolute atomic E-state index is 0.226. The molecule has 0 radical (unpaired) electrons. The first-order valence-corrected chi connectivity index (χ1v) is 7.86. The van der Waals surface area contributed by atoms with Crippen LogP contribution in [0.2, 0.25) is 0 Å². The van der Waals surface area contributed by atoms with Crippen molar-refractivity contribution in [3.05, 3.63) is 59.7 Å². The molecule has 0 bridgehead atoms. The van der Waals surface area contributed by atoms with Gasteiger partial charge in [0, 0.05) is 11.3 Å². The first-order valence-electron chi connectivity index (χ1n) is 7.86. The lowest BCUT2D eigenvalue weighted by Gasteiger charge is -2.07. The van der Waals surface area contributed by atoms with Crippen molar-refractivity contribution in [2.24, 2.45) is 0 Å². The SMILES string of the molecule is CCCCOC(=O)c1ccc(NC(=O)c2ccc(OC)cc2)cc1. The van der Waals surface area contributed by atoms with E-state index in [0.717, 1.165) is 12.8 Å². The number of amides is 1. The first-order chi connectivity index (χ1) is 11.6. The van der Waals surface area contributed by atoms with Crippen LogP contribution in [-0.4, -0.2) is 25.6 Å². The Morgan fingerprint density at radius 3 is 2.17 bits per heavy atom. The zero-order valence-corrected chi connectivity index (χ0v) is 13.9. The van der Waals surface area contributed by atoms with Gasteiger partial charge in [-0.05, 0) is 55.0 Å². The van der Waals surface area contributed by atoms with Gasteiger partial charge in [-0.25, -0.2) is 4.79 Å². The molecular weight excluding hydrogens is 306 g/mol. The summed E-state index contributed by atoms with van der Waals surface area (Å²) in [5.41, 5.74) is 1.60. The van der Waals surface area contributed by atoms with Crippen LogP contribution in [0.15, 0.2) is 48.5 Å². The average molecular weight is 327 g/mol. The normalized spacial score (nSPS) is 10.1. The third kappa shape index (κ3) is 4.84. The number of benzene rings is 2. The highest BCUT2D eigenvalue weighted by Gasteiger charge is 2.09. The van der Waals surface area contributed by atoms with Gasteiger partial charge in [-0.3, -0.25) is 4.79 Å². The number of esters is 1. The van der Waals surface area contributed by atoms with Crippen LogP contribution in [0.1, 0.15) is 40.5 Å². The van der Waals surface area contributed by atoms with Crippen LogP contribution in [0.4, 0.5) is 5.69 Å². The number of unbranched alkanes of at least 4 members (excludes halogenated alkanes) is 1. The van der Waals surface area contributed by atoms with Gasteiger partial charge in [-0.1, -0.05) is 13.3 Å². The summed E-state index contributed by atoms with van der Waals surface area (Å²) in [6.45, 7) is 2.46. The van der Waals surface area contributed by atoms with Crippen molar-refractivity contribution in [1.82, 2.24) is 0 Å². The van der Waals surface area contributed by atoms with E-state index < -0.39 is 0 Å². The summed E-state index contributed by atoms with van der Waals surface area (Å²) in [7, 11) is 1.57. The number of nitrogens with one attached hydrogen (secondary N) is 1. The molecule has 0 saturated heterocycles. The summed E-state index contributed by atoms with van der Waals surface area (Å²) in [5.74, 6) is 0.116. The molecule has 0 fully saturated rings. The fourth-order valence-electron chi connectivity index (χ4n) is 2.03. The van der Waals surface area contributed by atoms with Gasteiger partial charge in [0.2, 0.25) is 0 Å². The van der Waals surface area contributed by atoms with Crippen LogP contribution in [0.5, 0.6) is 5.75 Å². The van der Waals surface area contributed by atoms with Crippen molar-refractivity contribution in [1.29, 1.82) is 0 Å². The van der Waals surface area contributed by atoms with Gasteiger partial charge < -0.3 is 14.8 Å². The number of carbonyl (C=O) groups excluding carboxylic acids is 2. The second-order valence-electron chi connectivity index (χ2n) is 5.25. The summed E-state index contributed by atoms with van der Waals surface area (Å²) in [6, 6.07) is 13.5. The van der Waals surface area contributed by atoms with Gasteiger partial charge in [0.05, 0.1) is 19.3 Å². The highest BCUT2D eigenvalue weighted by molar-refractivity contribution is 6.04. The van der Waals surface area contributed by atoms with Crippen LogP contribution in [-0.2, 0) is 4.74 Å². The number of methoxy groups -OCH3 is 1. The maximum absolute atomic E-state index is 12.2. The lowest BCUT2D eigenvalue weighted by molar-refractivity contribution is 0.0499. The summed E-state index contributed by atoms with van der Waals surface area (Å²) in [4.78, 5) is 24.0. The monoisotopic (exact) mass is 327 g/mol. The lowest BCUT2D eigenvalue weighted by Crippen LogP contribution is -2.12. The highest BCUT2D eigenvalue weighted by atomic mass is 16.5. The van der Waals surface area contributed by atoms with Gasteiger partial charge in [-0.2, -0.15) is 0 Å². The molecule has 24 heavy (non-hydrogen) atoms. The summed E-state index contributed by atoms with van der Waals surface area (Å²) in [5, 5.41) is 2.78. The molecule has 1 amide bonds. The molecule has 0 aliphatic carbocycles. The smallest absolute Gasteiger partial charge is 0.338 e. The number of anilines is 1. The number of hydrogen-bond acceptors (Lipinski definition) is 4. The molecule has 2 aromatic rings. The molecule has 0 atom stereocenters. The molecule has 0 spiro atoms. The third-order valence-electron chi connectivity index (χ3n) is 3.46. The fraction of sp³-hybridized carbons (Fsp3) is 0.263. The van der Waals surface area contributed by atoms with E-state index in [-0.39, 0.29) is 11.9 Å². The molecule has 2 aromatic carbocycles. The van der Waals surface area contributed by atoms with E-state index in [0.29, 0.717) is 29.2 Å². The molecular formula is C19H21NO4. The summed E-state index contributed by atoms with van der Waals surface area (Å²) in [6.07, 6.45) is 1.82. The van der Waals surface area contributed by atoms with Crippen LogP contribution in [0.3, 0.4) is 0 Å². The van der Waals surface area contributed by atoms with Crippen LogP contribution >= 0.6 is 0 Å². The fourth-order valence-corrected chi connectivity index (χ4v) is 2.03. The number of hydrogen-bond donors (Lipinski definition) is 1. The third-order valence-corrected chi connectivity index (χ3v) is 3.46. The molecule has 0 unspecified atom stereocenters. The van der Waals surface area contributed by atoms with Gasteiger partial charge in [0.15, 0.2) is 0 Å². The van der Waals surface area contributed by atoms with E-state index in [2.05, 4.69) is 5.32 Å². The Labute approximate surface area is 141 Å². The Kier molecular flexibility index (Phi) is 6.37. The number of ether oxygens (including phenoxy) is 2. The topological polar surface area (TPSA) is 64.6 Å². The van der Waals surface area contributed by atoms with Crippen molar-refractivity contribution >= 4 is 17.6 Å². The summed E-state index contributed by atoms with van der Waals surface area (Å²) >= 11 is 0. The first kappa shape index (κ1) is 17.5. The molecule has 5 nitrogen and oxygen atoms in total. The standard InChI is InChI=1S/C19H21NO4/c1-3-4-13-24-19(22)15-5-9-16(10-6-15)20-18(21)14-7-11-17(23-2)12-8-14/h5-12H,3-4,13H2,1-2H3,(H,20,21). The minimum atomic E-state index is -0.350. The second kappa shape index (κ2) is 8.72. The molecule has 0 heterocycles. The maximum Gasteiger partial charge on any atom is 0.338 e. The summed E-state index contributed by atoms with van der Waals surface area (Å²) < 4.78 is 10.2. The van der Waals surface area contributed by atoms with Crippen molar-refractivity contribution in [2.45, 2.75) is 19.8 Å². The van der Waals surface area contributed by atoms with E-state index in [1.165, 1.54) is 0 Å². The number of rotatable bonds is 7. The van der Waals surface area contributed by atoms with Gasteiger partial charge in [0.25, 0.3) is 5.91 Å². The van der Waals surface area contributed by atoms with Crippen LogP contribution < -0.4 is 10.1 Å². The Morgan fingerprint density at radius 1 is 0.958 bits per heavy atom. The molecule has 126 valence electrons. The molecule has 1 N–H and O–H groups in total. The number of carbonyl (C=O) groups is 2. The zero-order valence-electron chi connectivity index (χ0n) is 13.9. The van der Waals surface area contributed by atoms with Crippen molar-refractivity contribution in [3.8, 4) is 5.75 Å². The largest absolute Gasteiger partial charge is 0.497 e. The molecule has 2 rings (SSSR count). The maximum atomic E-state index is 12.2. The highest BCUT2D eigenvalue weighted by Crippen LogP contribution is 2.15. The average Bonchev–Trinajstić information content (AvgIpc) is 2.62. The Bertz CT molecular complexity index is 678. The van der Waals surface area contributed by atoms with Crippen LogP contribution in [0, 0.1) is 0 Å². The van der Waals surface area contributed by atoms with Gasteiger partial charge in [0.1, 0.15) is 5.75 Å². The zero-order chi connectivity index (χ0) is 17.4. The molecule has 0 aliphatic rings. The van der Waals surface area contributed by atoms with Crippen molar-refractivity contribution in [3.63, 3.8) is 0 Å². The van der Waals surface area contributed by atoms with Crippen LogP contribution in [0.25, 0.3) is 0 Å². The van der Waals surface area contributed by atoms with E-state index >= 15 is 0 Å². The van der Waals surface area contributed by atoms with E-state index in [1.807, 2.05) is 6.92 Å². The predicted octanol–water partition coefficient (Wildman–Crippen LogP) is 3.90.